The molecule has 0 saturated heterocycles. The third-order valence-corrected chi connectivity index (χ3v) is 16.8. The summed E-state index contributed by atoms with van der Waals surface area (Å²) in [5.41, 5.74) is 0. The first kappa shape index (κ1) is 80.4. The molecular formula is C77H142O6. The van der Waals surface area contributed by atoms with Crippen LogP contribution in [0.15, 0.2) is 48.6 Å². The Morgan fingerprint density at radius 3 is 0.675 bits per heavy atom. The predicted molar refractivity (Wildman–Crippen MR) is 362 cm³/mol. The third kappa shape index (κ3) is 70.0. The Labute approximate surface area is 518 Å². The number of rotatable bonds is 69. The van der Waals surface area contributed by atoms with Crippen LogP contribution in [0, 0.1) is 0 Å². The number of hydrogen-bond acceptors (Lipinski definition) is 6. The van der Waals surface area contributed by atoms with E-state index in [4.69, 9.17) is 14.2 Å². The molecule has 1 unspecified atom stereocenters. The maximum absolute atomic E-state index is 13.0. The lowest BCUT2D eigenvalue weighted by molar-refractivity contribution is -0.167. The molecule has 0 spiro atoms. The molecule has 0 N–H and O–H groups in total. The van der Waals surface area contributed by atoms with Crippen LogP contribution in [0.2, 0.25) is 0 Å². The van der Waals surface area contributed by atoms with E-state index in [-0.39, 0.29) is 31.1 Å². The van der Waals surface area contributed by atoms with Crippen molar-refractivity contribution >= 4 is 17.9 Å². The van der Waals surface area contributed by atoms with Gasteiger partial charge in [0.1, 0.15) is 13.2 Å². The maximum atomic E-state index is 13.0. The number of carbonyl (C=O) groups is 3. The predicted octanol–water partition coefficient (Wildman–Crippen LogP) is 25.7. The van der Waals surface area contributed by atoms with Crippen molar-refractivity contribution in [1.82, 2.24) is 0 Å². The van der Waals surface area contributed by atoms with E-state index in [0.29, 0.717) is 19.3 Å². The summed E-state index contributed by atoms with van der Waals surface area (Å²) in [5.74, 6) is -0.856. The van der Waals surface area contributed by atoms with Gasteiger partial charge in [0, 0.05) is 19.3 Å². The van der Waals surface area contributed by atoms with E-state index in [1.54, 1.807) is 0 Å². The molecule has 0 aromatic rings. The van der Waals surface area contributed by atoms with Crippen LogP contribution in [0.25, 0.3) is 0 Å². The molecule has 0 aliphatic rings. The quantitative estimate of drug-likeness (QED) is 0.0261. The van der Waals surface area contributed by atoms with Gasteiger partial charge in [-0.3, -0.25) is 14.4 Å². The van der Waals surface area contributed by atoms with Gasteiger partial charge in [-0.1, -0.05) is 352 Å². The molecular weight excluding hydrogens is 1020 g/mol. The van der Waals surface area contributed by atoms with E-state index >= 15 is 0 Å². The molecule has 0 rings (SSSR count). The number of ether oxygens (including phenoxy) is 3. The van der Waals surface area contributed by atoms with Gasteiger partial charge in [0.15, 0.2) is 6.10 Å². The number of allylic oxidation sites excluding steroid dienone is 8. The van der Waals surface area contributed by atoms with Gasteiger partial charge in [0.25, 0.3) is 0 Å². The normalized spacial score (nSPS) is 12.3. The second-order valence-corrected chi connectivity index (χ2v) is 25.2. The fourth-order valence-corrected chi connectivity index (χ4v) is 11.2. The smallest absolute Gasteiger partial charge is 0.306 e. The molecule has 0 heterocycles. The molecule has 0 amide bonds. The number of hydrogen-bond donors (Lipinski definition) is 0. The first-order valence-electron chi connectivity index (χ1n) is 37.1. The molecule has 83 heavy (non-hydrogen) atoms. The second-order valence-electron chi connectivity index (χ2n) is 25.2. The molecule has 0 aromatic carbocycles. The molecule has 0 saturated carbocycles. The molecule has 0 bridgehead atoms. The van der Waals surface area contributed by atoms with E-state index in [1.807, 2.05) is 0 Å². The van der Waals surface area contributed by atoms with Crippen molar-refractivity contribution in [3.63, 3.8) is 0 Å². The van der Waals surface area contributed by atoms with E-state index in [0.717, 1.165) is 83.5 Å². The minimum absolute atomic E-state index is 0.0722. The Kier molecular flexibility index (Phi) is 69.6. The monoisotopic (exact) mass is 1160 g/mol. The molecule has 0 fully saturated rings. The lowest BCUT2D eigenvalue weighted by Gasteiger charge is -2.18. The Balaban J connectivity index is 4.24. The van der Waals surface area contributed by atoms with Gasteiger partial charge in [-0.05, 0) is 83.5 Å². The van der Waals surface area contributed by atoms with Gasteiger partial charge in [-0.25, -0.2) is 0 Å². The largest absolute Gasteiger partial charge is 0.462 e. The zero-order valence-electron chi connectivity index (χ0n) is 56.0. The Bertz CT molecular complexity index is 1430. The summed E-state index contributed by atoms with van der Waals surface area (Å²) in [6, 6.07) is 0. The van der Waals surface area contributed by atoms with Crippen LogP contribution in [0.4, 0.5) is 0 Å². The number of unbranched alkanes of at least 4 members (excludes halogenated alkanes) is 50. The average Bonchev–Trinajstić information content (AvgIpc) is 3.49. The molecule has 1 atom stereocenters. The van der Waals surface area contributed by atoms with Crippen molar-refractivity contribution in [2.24, 2.45) is 0 Å². The highest BCUT2D eigenvalue weighted by Crippen LogP contribution is 2.19. The third-order valence-electron chi connectivity index (χ3n) is 16.8. The minimum atomic E-state index is -0.778. The summed E-state index contributed by atoms with van der Waals surface area (Å²) in [5, 5.41) is 0. The van der Waals surface area contributed by atoms with Crippen LogP contribution in [-0.4, -0.2) is 37.2 Å². The summed E-state index contributed by atoms with van der Waals surface area (Å²) in [7, 11) is 0. The zero-order chi connectivity index (χ0) is 59.9. The SMILES string of the molecule is CCCCCC/C=C\C/C=C\CCCCCCCC(=O)OCC(COC(=O)CCCCCCCCCCCCCCCCCCC/C=C\C/C=C\CCCCCCC)OC(=O)CCCCCCCCCCCCCCCCCCCCCC. The maximum Gasteiger partial charge on any atom is 0.306 e. The highest BCUT2D eigenvalue weighted by atomic mass is 16.6. The topological polar surface area (TPSA) is 78.9 Å². The standard InChI is InChI=1S/C77H142O6/c1-4-7-10-13-16-19-22-25-28-31-33-35-36-37-38-39-40-41-42-43-45-46-49-52-55-58-61-64-67-70-76(79)82-73-74(72-81-75(78)69-66-63-60-57-54-51-48-30-27-24-21-18-15-12-9-6-3)83-77(80)71-68-65-62-59-56-53-50-47-44-34-32-29-26-23-20-17-14-11-8-5-2/h21-22,24-25,30-31,33,48,74H,4-20,23,26-29,32,34-47,49-73H2,1-3H3/b24-21-,25-22-,33-31-,48-30-. The van der Waals surface area contributed by atoms with E-state index in [1.165, 1.54) is 283 Å². The lowest BCUT2D eigenvalue weighted by atomic mass is 10.0. The van der Waals surface area contributed by atoms with Crippen LogP contribution in [0.1, 0.15) is 406 Å². The van der Waals surface area contributed by atoms with Gasteiger partial charge >= 0.3 is 17.9 Å². The first-order valence-corrected chi connectivity index (χ1v) is 37.1. The summed E-state index contributed by atoms with van der Waals surface area (Å²) in [6.07, 6.45) is 91.5. The van der Waals surface area contributed by atoms with Crippen LogP contribution in [-0.2, 0) is 28.6 Å². The van der Waals surface area contributed by atoms with E-state index in [2.05, 4.69) is 69.4 Å². The number of carbonyl (C=O) groups excluding carboxylic acids is 3. The average molecular weight is 1160 g/mol. The molecule has 0 aromatic heterocycles. The lowest BCUT2D eigenvalue weighted by Crippen LogP contribution is -2.30. The van der Waals surface area contributed by atoms with Crippen molar-refractivity contribution in [3.05, 3.63) is 48.6 Å². The zero-order valence-corrected chi connectivity index (χ0v) is 56.0. The summed E-state index contributed by atoms with van der Waals surface area (Å²) in [6.45, 7) is 6.68. The molecule has 6 nitrogen and oxygen atoms in total. The highest BCUT2D eigenvalue weighted by Gasteiger charge is 2.19. The van der Waals surface area contributed by atoms with Crippen molar-refractivity contribution in [3.8, 4) is 0 Å². The summed E-state index contributed by atoms with van der Waals surface area (Å²) >= 11 is 0. The Morgan fingerprint density at radius 1 is 0.241 bits per heavy atom. The molecule has 486 valence electrons. The first-order chi connectivity index (χ1) is 41.0. The van der Waals surface area contributed by atoms with Crippen LogP contribution in [0.5, 0.6) is 0 Å². The highest BCUT2D eigenvalue weighted by molar-refractivity contribution is 5.71. The van der Waals surface area contributed by atoms with Crippen LogP contribution in [0.3, 0.4) is 0 Å². The van der Waals surface area contributed by atoms with Gasteiger partial charge in [0.05, 0.1) is 0 Å². The Hall–Kier alpha value is -2.63. The van der Waals surface area contributed by atoms with Crippen molar-refractivity contribution in [1.29, 1.82) is 0 Å². The van der Waals surface area contributed by atoms with Crippen molar-refractivity contribution in [2.75, 3.05) is 13.2 Å². The fraction of sp³-hybridized carbons (Fsp3) is 0.857. The van der Waals surface area contributed by atoms with Gasteiger partial charge in [0.2, 0.25) is 0 Å². The number of esters is 3. The summed E-state index contributed by atoms with van der Waals surface area (Å²) < 4.78 is 17.0. The van der Waals surface area contributed by atoms with Crippen LogP contribution >= 0.6 is 0 Å². The van der Waals surface area contributed by atoms with Crippen molar-refractivity contribution in [2.45, 2.75) is 412 Å². The Morgan fingerprint density at radius 2 is 0.434 bits per heavy atom. The second kappa shape index (κ2) is 71.8. The minimum Gasteiger partial charge on any atom is -0.462 e. The molecule has 0 aliphatic carbocycles. The molecule has 6 heteroatoms. The summed E-state index contributed by atoms with van der Waals surface area (Å²) in [4.78, 5) is 38.5. The van der Waals surface area contributed by atoms with E-state index < -0.39 is 6.10 Å². The van der Waals surface area contributed by atoms with Gasteiger partial charge in [-0.15, -0.1) is 0 Å². The molecule has 0 aliphatic heterocycles. The van der Waals surface area contributed by atoms with Gasteiger partial charge in [-0.2, -0.15) is 0 Å². The fourth-order valence-electron chi connectivity index (χ4n) is 11.2. The molecule has 0 radical (unpaired) electrons. The van der Waals surface area contributed by atoms with Crippen LogP contribution < -0.4 is 0 Å². The van der Waals surface area contributed by atoms with Crippen molar-refractivity contribution < 1.29 is 28.6 Å². The van der Waals surface area contributed by atoms with E-state index in [9.17, 15) is 14.4 Å². The van der Waals surface area contributed by atoms with Gasteiger partial charge < -0.3 is 14.2 Å².